The quantitative estimate of drug-likeness (QED) is 0.296. The first-order valence-electron chi connectivity index (χ1n) is 13.8. The second-order valence-electron chi connectivity index (χ2n) is 11.0. The van der Waals surface area contributed by atoms with E-state index < -0.39 is 34.6 Å². The fourth-order valence-corrected chi connectivity index (χ4v) is 7.61. The van der Waals surface area contributed by atoms with Gasteiger partial charge < -0.3 is 10.6 Å². The summed E-state index contributed by atoms with van der Waals surface area (Å²) in [5.74, 6) is -2.44. The Morgan fingerprint density at radius 1 is 1.10 bits per heavy atom. The Balaban J connectivity index is 1.52. The van der Waals surface area contributed by atoms with E-state index in [1.165, 1.54) is 12.3 Å². The van der Waals surface area contributed by atoms with E-state index in [-0.39, 0.29) is 22.3 Å². The van der Waals surface area contributed by atoms with Crippen LogP contribution in [0, 0.1) is 5.82 Å². The number of nitrogens with zero attached hydrogens (tertiary/aromatic N) is 1. The first-order valence-corrected chi connectivity index (χ1v) is 14.6. The number of carbonyl (C=O) groups excluding carboxylic acids is 3. The molecule has 6 rings (SSSR count). The monoisotopic (exact) mass is 594 g/mol. The Morgan fingerprint density at radius 2 is 1.88 bits per heavy atom. The van der Waals surface area contributed by atoms with Gasteiger partial charge in [0.25, 0.3) is 0 Å². The lowest BCUT2D eigenvalue weighted by Crippen LogP contribution is -2.60. The SMILES string of the molecule is CCC(=O)c1ccc(NC(=O)[C@@H]2NC3(CCCCC3)[C@@]3(C(=O)Nc4cc(Cl)ccc43)[C@H]2c2cccc(Cl)c2F)cn1. The fourth-order valence-electron chi connectivity index (χ4n) is 7.25. The molecule has 1 saturated carbocycles. The number of carbonyl (C=O) groups is 3. The molecule has 2 aromatic carbocycles. The van der Waals surface area contributed by atoms with Crippen LogP contribution in [0.1, 0.15) is 73.0 Å². The highest BCUT2D eigenvalue weighted by Crippen LogP contribution is 2.62. The molecule has 2 aliphatic heterocycles. The second-order valence-corrected chi connectivity index (χ2v) is 11.9. The van der Waals surface area contributed by atoms with Gasteiger partial charge in [0.05, 0.1) is 22.9 Å². The lowest BCUT2D eigenvalue weighted by atomic mass is 9.55. The van der Waals surface area contributed by atoms with E-state index in [1.54, 1.807) is 43.3 Å². The summed E-state index contributed by atoms with van der Waals surface area (Å²) in [5, 5.41) is 9.87. The van der Waals surface area contributed by atoms with Gasteiger partial charge in [-0.1, -0.05) is 67.6 Å². The maximum absolute atomic E-state index is 15.9. The van der Waals surface area contributed by atoms with Crippen molar-refractivity contribution in [2.75, 3.05) is 10.6 Å². The van der Waals surface area contributed by atoms with Crippen LogP contribution >= 0.6 is 23.2 Å². The van der Waals surface area contributed by atoms with Crippen molar-refractivity contribution in [1.82, 2.24) is 10.3 Å². The van der Waals surface area contributed by atoms with Crippen molar-refractivity contribution < 1.29 is 18.8 Å². The molecule has 212 valence electrons. The zero-order chi connectivity index (χ0) is 28.9. The summed E-state index contributed by atoms with van der Waals surface area (Å²) < 4.78 is 15.9. The molecule has 41 heavy (non-hydrogen) atoms. The highest BCUT2D eigenvalue weighted by molar-refractivity contribution is 6.31. The van der Waals surface area contributed by atoms with Gasteiger partial charge in [-0.05, 0) is 54.3 Å². The maximum Gasteiger partial charge on any atom is 0.242 e. The van der Waals surface area contributed by atoms with Crippen molar-refractivity contribution in [2.24, 2.45) is 0 Å². The molecule has 3 aliphatic rings. The number of rotatable bonds is 5. The maximum atomic E-state index is 15.9. The van der Waals surface area contributed by atoms with Crippen molar-refractivity contribution >= 4 is 52.2 Å². The summed E-state index contributed by atoms with van der Waals surface area (Å²) in [6.07, 6.45) is 5.69. The number of halogens is 3. The van der Waals surface area contributed by atoms with Crippen molar-refractivity contribution in [2.45, 2.75) is 68.4 Å². The molecule has 0 unspecified atom stereocenters. The summed E-state index contributed by atoms with van der Waals surface area (Å²) >= 11 is 12.6. The highest BCUT2D eigenvalue weighted by atomic mass is 35.5. The van der Waals surface area contributed by atoms with Gasteiger partial charge in [-0.2, -0.15) is 0 Å². The van der Waals surface area contributed by atoms with Crippen molar-refractivity contribution in [3.8, 4) is 0 Å². The van der Waals surface area contributed by atoms with Crippen molar-refractivity contribution in [3.05, 3.63) is 87.4 Å². The molecular weight excluding hydrogens is 566 g/mol. The molecule has 10 heteroatoms. The number of ketones is 1. The van der Waals surface area contributed by atoms with Crippen LogP contribution < -0.4 is 16.0 Å². The summed E-state index contributed by atoms with van der Waals surface area (Å²) in [7, 11) is 0. The minimum absolute atomic E-state index is 0.0866. The largest absolute Gasteiger partial charge is 0.325 e. The molecular formula is C31H29Cl2FN4O3. The van der Waals surface area contributed by atoms with Gasteiger partial charge in [-0.3, -0.25) is 24.7 Å². The van der Waals surface area contributed by atoms with Gasteiger partial charge >= 0.3 is 0 Å². The molecule has 1 aromatic heterocycles. The predicted molar refractivity (Wildman–Crippen MR) is 156 cm³/mol. The van der Waals surface area contributed by atoms with Crippen LogP contribution in [0.5, 0.6) is 0 Å². The minimum atomic E-state index is -1.31. The Morgan fingerprint density at radius 3 is 2.59 bits per heavy atom. The van der Waals surface area contributed by atoms with E-state index in [1.807, 2.05) is 6.07 Å². The minimum Gasteiger partial charge on any atom is -0.325 e. The van der Waals surface area contributed by atoms with Gasteiger partial charge in [-0.15, -0.1) is 0 Å². The van der Waals surface area contributed by atoms with E-state index in [9.17, 15) is 14.4 Å². The first kappa shape index (κ1) is 27.8. The third kappa shape index (κ3) is 4.26. The Bertz CT molecular complexity index is 1560. The molecule has 3 N–H and O–H groups in total. The van der Waals surface area contributed by atoms with E-state index in [0.29, 0.717) is 46.9 Å². The molecule has 1 aliphatic carbocycles. The van der Waals surface area contributed by atoms with E-state index >= 15 is 4.39 Å². The Kier molecular flexibility index (Phi) is 7.12. The fraction of sp³-hybridized carbons (Fsp3) is 0.355. The number of fused-ring (bicyclic) bond motifs is 3. The van der Waals surface area contributed by atoms with Crippen LogP contribution in [0.25, 0.3) is 0 Å². The van der Waals surface area contributed by atoms with Crippen molar-refractivity contribution in [1.29, 1.82) is 0 Å². The Labute approximate surface area is 247 Å². The van der Waals surface area contributed by atoms with Crippen LogP contribution in [0.2, 0.25) is 10.0 Å². The molecule has 0 radical (unpaired) electrons. The number of anilines is 2. The second kappa shape index (κ2) is 10.5. The van der Waals surface area contributed by atoms with Gasteiger partial charge in [0, 0.05) is 28.6 Å². The van der Waals surface area contributed by atoms with Crippen molar-refractivity contribution in [3.63, 3.8) is 0 Å². The average Bonchev–Trinajstić information content (AvgIpc) is 3.42. The Hall–Kier alpha value is -3.33. The molecule has 2 fully saturated rings. The number of nitrogens with one attached hydrogen (secondary N) is 3. The van der Waals surface area contributed by atoms with Crippen LogP contribution in [-0.2, 0) is 15.0 Å². The van der Waals surface area contributed by atoms with Gasteiger partial charge in [0.2, 0.25) is 11.8 Å². The highest BCUT2D eigenvalue weighted by Gasteiger charge is 2.72. The molecule has 1 saturated heterocycles. The standard InChI is InChI=1S/C31H29Cl2FN4O3/c1-2-24(39)22-12-10-18(16-35-22)36-28(40)27-25(19-7-6-8-21(33)26(19)34)31(30(38-27)13-4-3-5-14-30)20-11-9-17(32)15-23(20)37-29(31)41/h6-12,15-16,25,27,38H,2-5,13-14H2,1H3,(H,36,40)(H,37,41)/t25-,27+,31+/m0/s1. The molecule has 2 spiro atoms. The molecule has 7 nitrogen and oxygen atoms in total. The van der Waals surface area contributed by atoms with Crippen LogP contribution in [-0.4, -0.2) is 34.2 Å². The topological polar surface area (TPSA) is 100 Å². The van der Waals surface area contributed by atoms with E-state index in [2.05, 4.69) is 20.9 Å². The number of amides is 2. The number of hydrogen-bond acceptors (Lipinski definition) is 5. The average molecular weight is 596 g/mol. The number of Topliss-reactive ketones (excluding diaryl/α,β-unsaturated/α-hetero) is 1. The summed E-state index contributed by atoms with van der Waals surface area (Å²) in [5.41, 5.74) is -0.0132. The van der Waals surface area contributed by atoms with Gasteiger partial charge in [0.1, 0.15) is 16.9 Å². The smallest absolute Gasteiger partial charge is 0.242 e. The lowest BCUT2D eigenvalue weighted by molar-refractivity contribution is -0.124. The van der Waals surface area contributed by atoms with Gasteiger partial charge in [-0.25, -0.2) is 4.39 Å². The van der Waals surface area contributed by atoms with Gasteiger partial charge in [0.15, 0.2) is 5.78 Å². The van der Waals surface area contributed by atoms with E-state index in [0.717, 1.165) is 19.3 Å². The number of pyridine rings is 1. The summed E-state index contributed by atoms with van der Waals surface area (Å²) in [6, 6.07) is 12.1. The molecule has 3 atom stereocenters. The number of benzene rings is 2. The first-order chi connectivity index (χ1) is 19.7. The third-order valence-electron chi connectivity index (χ3n) is 8.94. The lowest BCUT2D eigenvalue weighted by Gasteiger charge is -2.47. The molecule has 2 amide bonds. The molecule has 3 heterocycles. The van der Waals surface area contributed by atoms with Crippen LogP contribution in [0.15, 0.2) is 54.7 Å². The normalized spacial score (nSPS) is 24.3. The summed E-state index contributed by atoms with van der Waals surface area (Å²) in [4.78, 5) is 44.7. The van der Waals surface area contributed by atoms with E-state index in [4.69, 9.17) is 23.2 Å². The number of hydrogen-bond donors (Lipinski definition) is 3. The predicted octanol–water partition coefficient (Wildman–Crippen LogP) is 6.41. The zero-order valence-electron chi connectivity index (χ0n) is 22.4. The summed E-state index contributed by atoms with van der Waals surface area (Å²) in [6.45, 7) is 1.75. The third-order valence-corrected chi connectivity index (χ3v) is 9.47. The van der Waals surface area contributed by atoms with Crippen LogP contribution in [0.4, 0.5) is 15.8 Å². The van der Waals surface area contributed by atoms with Crippen LogP contribution in [0.3, 0.4) is 0 Å². The molecule has 0 bridgehead atoms. The molecule has 3 aromatic rings. The number of aromatic nitrogens is 1. The zero-order valence-corrected chi connectivity index (χ0v) is 23.9.